The molecule has 6 heteroatoms. The van der Waals surface area contributed by atoms with Crippen molar-refractivity contribution in [2.45, 2.75) is 25.4 Å². The molecule has 6 nitrogen and oxygen atoms in total. The summed E-state index contributed by atoms with van der Waals surface area (Å²) in [6, 6.07) is 9.94. The molecule has 1 aromatic carbocycles. The fourth-order valence-corrected chi connectivity index (χ4v) is 2.75. The number of methoxy groups -OCH3 is 1. The van der Waals surface area contributed by atoms with Gasteiger partial charge in [-0.2, -0.15) is 0 Å². The Labute approximate surface area is 141 Å². The van der Waals surface area contributed by atoms with Gasteiger partial charge in [-0.3, -0.25) is 4.79 Å². The number of carbonyl (C=O) groups excluding carboxylic acids is 1. The lowest BCUT2D eigenvalue weighted by molar-refractivity contribution is -0.130. The number of likely N-dealkylation sites (tertiary alicyclic amines) is 1. The second-order valence-corrected chi connectivity index (χ2v) is 5.75. The molecule has 1 atom stereocenters. The monoisotopic (exact) mass is 327 g/mol. The molecule has 24 heavy (non-hydrogen) atoms. The Morgan fingerprint density at radius 3 is 2.71 bits per heavy atom. The zero-order valence-electron chi connectivity index (χ0n) is 13.7. The first-order valence-corrected chi connectivity index (χ1v) is 8.09. The smallest absolute Gasteiger partial charge is 0.316 e. The van der Waals surface area contributed by atoms with E-state index in [4.69, 9.17) is 9.47 Å². The molecule has 0 N–H and O–H groups in total. The van der Waals surface area contributed by atoms with E-state index in [1.165, 1.54) is 0 Å². The molecule has 126 valence electrons. The number of amides is 1. The normalized spacial score (nSPS) is 16.9. The van der Waals surface area contributed by atoms with Crippen molar-refractivity contribution in [2.75, 3.05) is 20.2 Å². The maximum Gasteiger partial charge on any atom is 0.316 e. The number of carbonyl (C=O) groups is 1. The van der Waals surface area contributed by atoms with Gasteiger partial charge in [-0.25, -0.2) is 9.97 Å². The molecule has 1 fully saturated rings. The van der Waals surface area contributed by atoms with E-state index in [1.54, 1.807) is 25.6 Å². The average Bonchev–Trinajstić information content (AvgIpc) is 3.09. The number of hydrogen-bond acceptors (Lipinski definition) is 5. The van der Waals surface area contributed by atoms with Crippen LogP contribution < -0.4 is 9.47 Å². The Morgan fingerprint density at radius 1 is 1.25 bits per heavy atom. The third-order valence-corrected chi connectivity index (χ3v) is 4.10. The molecular formula is C18H21N3O3. The Balaban J connectivity index is 1.45. The minimum absolute atomic E-state index is 0.0302. The van der Waals surface area contributed by atoms with Crippen LogP contribution in [0.15, 0.2) is 42.7 Å². The summed E-state index contributed by atoms with van der Waals surface area (Å²) in [4.78, 5) is 22.3. The molecule has 1 aliphatic rings. The van der Waals surface area contributed by atoms with Crippen molar-refractivity contribution in [3.8, 4) is 11.8 Å². The largest absolute Gasteiger partial charge is 0.497 e. The number of rotatable bonds is 6. The number of aromatic nitrogens is 2. The van der Waals surface area contributed by atoms with E-state index < -0.39 is 0 Å². The van der Waals surface area contributed by atoms with Crippen molar-refractivity contribution in [1.82, 2.24) is 14.9 Å². The summed E-state index contributed by atoms with van der Waals surface area (Å²) in [5.41, 5.74) is 1.13. The molecule has 1 saturated heterocycles. The summed E-state index contributed by atoms with van der Waals surface area (Å²) in [6.45, 7) is 1.32. The molecule has 1 aliphatic heterocycles. The number of ether oxygens (including phenoxy) is 2. The van der Waals surface area contributed by atoms with Gasteiger partial charge >= 0.3 is 6.01 Å². The number of hydrogen-bond donors (Lipinski definition) is 0. The Hall–Kier alpha value is -2.63. The second kappa shape index (κ2) is 7.77. The van der Waals surface area contributed by atoms with Crippen molar-refractivity contribution in [2.24, 2.45) is 0 Å². The Bertz CT molecular complexity index is 661. The van der Waals surface area contributed by atoms with E-state index in [-0.39, 0.29) is 12.0 Å². The molecule has 1 amide bonds. The van der Waals surface area contributed by atoms with Gasteiger partial charge in [-0.05, 0) is 30.2 Å². The first kappa shape index (κ1) is 16.2. The molecule has 2 heterocycles. The van der Waals surface area contributed by atoms with Crippen LogP contribution >= 0.6 is 0 Å². The van der Waals surface area contributed by atoms with Gasteiger partial charge in [0.05, 0.1) is 13.7 Å². The van der Waals surface area contributed by atoms with Crippen LogP contribution in [0, 0.1) is 0 Å². The molecule has 1 aromatic heterocycles. The maximum absolute atomic E-state index is 12.4. The molecular weight excluding hydrogens is 306 g/mol. The molecule has 2 aromatic rings. The van der Waals surface area contributed by atoms with E-state index in [1.807, 2.05) is 29.2 Å². The highest BCUT2D eigenvalue weighted by Gasteiger charge is 2.27. The zero-order valence-corrected chi connectivity index (χ0v) is 13.7. The molecule has 0 saturated carbocycles. The van der Waals surface area contributed by atoms with Crippen molar-refractivity contribution in [3.05, 3.63) is 48.3 Å². The highest BCUT2D eigenvalue weighted by Crippen LogP contribution is 2.17. The van der Waals surface area contributed by atoms with E-state index in [9.17, 15) is 4.79 Å². The van der Waals surface area contributed by atoms with Crippen LogP contribution in [-0.4, -0.2) is 47.1 Å². The van der Waals surface area contributed by atoms with E-state index >= 15 is 0 Å². The van der Waals surface area contributed by atoms with Gasteiger partial charge in [0.25, 0.3) is 0 Å². The third-order valence-electron chi connectivity index (χ3n) is 4.10. The summed E-state index contributed by atoms with van der Waals surface area (Å²) in [6.07, 6.45) is 5.31. The van der Waals surface area contributed by atoms with Crippen LogP contribution in [0.4, 0.5) is 0 Å². The predicted octanol–water partition coefficient (Wildman–Crippen LogP) is 2.10. The Morgan fingerprint density at radius 2 is 2.00 bits per heavy atom. The van der Waals surface area contributed by atoms with Crippen molar-refractivity contribution < 1.29 is 14.3 Å². The van der Waals surface area contributed by atoms with Gasteiger partial charge in [-0.1, -0.05) is 12.1 Å². The lowest BCUT2D eigenvalue weighted by Crippen LogP contribution is -2.31. The zero-order chi connectivity index (χ0) is 16.8. The number of benzene rings is 1. The first-order valence-electron chi connectivity index (χ1n) is 8.09. The summed E-state index contributed by atoms with van der Waals surface area (Å²) in [5, 5.41) is 0. The molecule has 0 spiro atoms. The van der Waals surface area contributed by atoms with Crippen LogP contribution in [-0.2, 0) is 11.2 Å². The average molecular weight is 327 g/mol. The molecule has 0 radical (unpaired) electrons. The van der Waals surface area contributed by atoms with Gasteiger partial charge in [0.1, 0.15) is 11.9 Å². The van der Waals surface area contributed by atoms with Gasteiger partial charge in [0.2, 0.25) is 5.91 Å². The summed E-state index contributed by atoms with van der Waals surface area (Å²) >= 11 is 0. The number of aryl methyl sites for hydroxylation is 1. The standard InChI is InChI=1S/C18H21N3O3/c1-23-15-6-3-14(4-7-15)5-8-17(22)21-12-9-16(13-21)24-18-19-10-2-11-20-18/h2-4,6-7,10-11,16H,5,8-9,12-13H2,1H3/t16-/m0/s1. The summed E-state index contributed by atoms with van der Waals surface area (Å²) in [5.74, 6) is 0.985. The fourth-order valence-electron chi connectivity index (χ4n) is 2.75. The van der Waals surface area contributed by atoms with E-state index in [0.717, 1.165) is 30.7 Å². The second-order valence-electron chi connectivity index (χ2n) is 5.75. The van der Waals surface area contributed by atoms with Crippen LogP contribution in [0.5, 0.6) is 11.8 Å². The Kier molecular flexibility index (Phi) is 5.25. The van der Waals surface area contributed by atoms with Gasteiger partial charge in [-0.15, -0.1) is 0 Å². The van der Waals surface area contributed by atoms with Crippen molar-refractivity contribution >= 4 is 5.91 Å². The number of nitrogens with zero attached hydrogens (tertiary/aromatic N) is 3. The minimum atomic E-state index is -0.0302. The third kappa shape index (κ3) is 4.22. The van der Waals surface area contributed by atoms with Crippen LogP contribution in [0.3, 0.4) is 0 Å². The van der Waals surface area contributed by atoms with Crippen molar-refractivity contribution in [3.63, 3.8) is 0 Å². The SMILES string of the molecule is COc1ccc(CCC(=O)N2CC[C@H](Oc3ncccn3)C2)cc1. The predicted molar refractivity (Wildman–Crippen MR) is 89.0 cm³/mol. The van der Waals surface area contributed by atoms with E-state index in [2.05, 4.69) is 9.97 Å². The lowest BCUT2D eigenvalue weighted by Gasteiger charge is -2.16. The van der Waals surface area contributed by atoms with Crippen LogP contribution in [0.25, 0.3) is 0 Å². The lowest BCUT2D eigenvalue weighted by atomic mass is 10.1. The van der Waals surface area contributed by atoms with Gasteiger partial charge < -0.3 is 14.4 Å². The first-order chi connectivity index (χ1) is 11.7. The summed E-state index contributed by atoms with van der Waals surface area (Å²) < 4.78 is 10.9. The molecule has 0 bridgehead atoms. The molecule has 0 aliphatic carbocycles. The minimum Gasteiger partial charge on any atom is -0.497 e. The highest BCUT2D eigenvalue weighted by molar-refractivity contribution is 5.76. The van der Waals surface area contributed by atoms with Gasteiger partial charge in [0, 0.05) is 31.8 Å². The maximum atomic E-state index is 12.4. The highest BCUT2D eigenvalue weighted by atomic mass is 16.5. The van der Waals surface area contributed by atoms with Crippen molar-refractivity contribution in [1.29, 1.82) is 0 Å². The van der Waals surface area contributed by atoms with Crippen LogP contribution in [0.2, 0.25) is 0 Å². The van der Waals surface area contributed by atoms with Crippen LogP contribution in [0.1, 0.15) is 18.4 Å². The van der Waals surface area contributed by atoms with E-state index in [0.29, 0.717) is 19.0 Å². The molecule has 0 unspecified atom stereocenters. The fraction of sp³-hybridized carbons (Fsp3) is 0.389. The van der Waals surface area contributed by atoms with Gasteiger partial charge in [0.15, 0.2) is 0 Å². The quantitative estimate of drug-likeness (QED) is 0.813. The summed E-state index contributed by atoms with van der Waals surface area (Å²) in [7, 11) is 1.64. The molecule has 3 rings (SSSR count). The topological polar surface area (TPSA) is 64.5 Å².